The average molecular weight is 310 g/mol. The van der Waals surface area contributed by atoms with E-state index in [2.05, 4.69) is 20.9 Å². The molecule has 2 aromatic rings. The number of rotatable bonds is 3. The fourth-order valence-electron chi connectivity index (χ4n) is 1.82. The number of halogens is 2. The summed E-state index contributed by atoms with van der Waals surface area (Å²) in [5, 5.41) is 10.1. The Balaban J connectivity index is 2.18. The number of hydrogen-bond acceptors (Lipinski definition) is 2. The molecule has 0 saturated carbocycles. The zero-order chi connectivity index (χ0) is 13.1. The van der Waals surface area contributed by atoms with E-state index in [0.717, 1.165) is 21.2 Å². The van der Waals surface area contributed by atoms with E-state index < -0.39 is 6.10 Å². The summed E-state index contributed by atoms with van der Waals surface area (Å²) in [5.41, 5.74) is 2.52. The van der Waals surface area contributed by atoms with Crippen LogP contribution in [0.25, 0.3) is 0 Å². The molecule has 2 rings (SSSR count). The summed E-state index contributed by atoms with van der Waals surface area (Å²) in [5.74, 6) is -0.255. The van der Waals surface area contributed by atoms with E-state index >= 15 is 0 Å². The standard InChI is InChI=1S/C14H13BrFNO/c1-9-4-13(16)3-2-10(9)6-14(18)11-5-12(15)8-17-7-11/h2-5,7-8,14,18H,6H2,1H3. The molecule has 0 amide bonds. The lowest BCUT2D eigenvalue weighted by atomic mass is 9.99. The summed E-state index contributed by atoms with van der Waals surface area (Å²) in [6.45, 7) is 1.84. The summed E-state index contributed by atoms with van der Waals surface area (Å²) < 4.78 is 13.8. The second-order valence-electron chi connectivity index (χ2n) is 4.23. The first-order chi connectivity index (χ1) is 8.56. The first-order valence-electron chi connectivity index (χ1n) is 5.60. The quantitative estimate of drug-likeness (QED) is 0.940. The molecule has 0 aliphatic carbocycles. The molecule has 94 valence electrons. The van der Waals surface area contributed by atoms with Gasteiger partial charge in [0.05, 0.1) is 6.10 Å². The monoisotopic (exact) mass is 309 g/mol. The van der Waals surface area contributed by atoms with E-state index in [1.165, 1.54) is 12.1 Å². The third-order valence-electron chi connectivity index (χ3n) is 2.83. The molecule has 4 heteroatoms. The van der Waals surface area contributed by atoms with Gasteiger partial charge in [-0.3, -0.25) is 4.98 Å². The number of aromatic nitrogens is 1. The first kappa shape index (κ1) is 13.2. The molecule has 1 atom stereocenters. The van der Waals surface area contributed by atoms with Gasteiger partial charge in [-0.15, -0.1) is 0 Å². The van der Waals surface area contributed by atoms with Crippen LogP contribution in [0, 0.1) is 12.7 Å². The maximum absolute atomic E-state index is 13.0. The number of benzene rings is 1. The van der Waals surface area contributed by atoms with Crippen molar-refractivity contribution in [1.82, 2.24) is 4.98 Å². The number of aryl methyl sites for hydroxylation is 1. The number of nitrogens with zero attached hydrogens (tertiary/aromatic N) is 1. The predicted octanol–water partition coefficient (Wildman–Crippen LogP) is 3.57. The molecule has 0 aliphatic heterocycles. The van der Waals surface area contributed by atoms with Gasteiger partial charge in [0.15, 0.2) is 0 Å². The normalized spacial score (nSPS) is 12.4. The Morgan fingerprint density at radius 1 is 1.33 bits per heavy atom. The molecule has 1 unspecified atom stereocenters. The Labute approximate surface area is 114 Å². The lowest BCUT2D eigenvalue weighted by Crippen LogP contribution is -2.04. The Hall–Kier alpha value is -1.26. The predicted molar refractivity (Wildman–Crippen MR) is 71.7 cm³/mol. The Morgan fingerprint density at radius 3 is 2.78 bits per heavy atom. The Morgan fingerprint density at radius 2 is 2.11 bits per heavy atom. The molecule has 2 nitrogen and oxygen atoms in total. The lowest BCUT2D eigenvalue weighted by molar-refractivity contribution is 0.177. The van der Waals surface area contributed by atoms with Crippen LogP contribution in [0.3, 0.4) is 0 Å². The van der Waals surface area contributed by atoms with Gasteiger partial charge >= 0.3 is 0 Å². The molecule has 18 heavy (non-hydrogen) atoms. The molecule has 0 saturated heterocycles. The van der Waals surface area contributed by atoms with Gasteiger partial charge in [0, 0.05) is 28.9 Å². The number of aliphatic hydroxyl groups excluding tert-OH is 1. The summed E-state index contributed by atoms with van der Waals surface area (Å²) in [6.07, 6.45) is 3.11. The molecule has 1 heterocycles. The highest BCUT2D eigenvalue weighted by Gasteiger charge is 2.11. The van der Waals surface area contributed by atoms with Crippen LogP contribution in [0.2, 0.25) is 0 Å². The first-order valence-corrected chi connectivity index (χ1v) is 6.39. The van der Waals surface area contributed by atoms with Gasteiger partial charge in [-0.1, -0.05) is 6.07 Å². The van der Waals surface area contributed by atoms with Gasteiger partial charge in [0.2, 0.25) is 0 Å². The van der Waals surface area contributed by atoms with E-state index in [0.29, 0.717) is 6.42 Å². The highest BCUT2D eigenvalue weighted by Crippen LogP contribution is 2.22. The van der Waals surface area contributed by atoms with Crippen LogP contribution in [0.15, 0.2) is 41.1 Å². The minimum atomic E-state index is -0.640. The number of pyridine rings is 1. The van der Waals surface area contributed by atoms with Crippen molar-refractivity contribution < 1.29 is 9.50 Å². The SMILES string of the molecule is Cc1cc(F)ccc1CC(O)c1cncc(Br)c1. The highest BCUT2D eigenvalue weighted by molar-refractivity contribution is 9.10. The fraction of sp³-hybridized carbons (Fsp3) is 0.214. The van der Waals surface area contributed by atoms with E-state index in [1.807, 2.05) is 13.0 Å². The van der Waals surface area contributed by atoms with Gasteiger partial charge in [-0.25, -0.2) is 4.39 Å². The van der Waals surface area contributed by atoms with E-state index in [9.17, 15) is 9.50 Å². The van der Waals surface area contributed by atoms with Crippen molar-refractivity contribution >= 4 is 15.9 Å². The van der Waals surface area contributed by atoms with Crippen LogP contribution >= 0.6 is 15.9 Å². The van der Waals surface area contributed by atoms with E-state index in [-0.39, 0.29) is 5.82 Å². The Kier molecular flexibility index (Phi) is 4.09. The average Bonchev–Trinajstić information content (AvgIpc) is 2.32. The van der Waals surface area contributed by atoms with E-state index in [4.69, 9.17) is 0 Å². The molecule has 0 aliphatic rings. The topological polar surface area (TPSA) is 33.1 Å². The van der Waals surface area contributed by atoms with Crippen molar-refractivity contribution in [3.05, 3.63) is 63.6 Å². The molecule has 0 radical (unpaired) electrons. The molecular weight excluding hydrogens is 297 g/mol. The van der Waals surface area contributed by atoms with Crippen LogP contribution in [0.1, 0.15) is 22.8 Å². The Bertz CT molecular complexity index is 559. The second kappa shape index (κ2) is 5.59. The van der Waals surface area contributed by atoms with Gasteiger partial charge in [-0.2, -0.15) is 0 Å². The summed E-state index contributed by atoms with van der Waals surface area (Å²) in [7, 11) is 0. The van der Waals surface area contributed by atoms with Crippen molar-refractivity contribution in [2.45, 2.75) is 19.4 Å². The summed E-state index contributed by atoms with van der Waals surface area (Å²) in [4.78, 5) is 4.02. The minimum absolute atomic E-state index is 0.255. The lowest BCUT2D eigenvalue weighted by Gasteiger charge is -2.13. The van der Waals surface area contributed by atoms with Crippen LogP contribution in [-0.2, 0) is 6.42 Å². The molecule has 0 fully saturated rings. The van der Waals surface area contributed by atoms with Crippen LogP contribution in [-0.4, -0.2) is 10.1 Å². The molecule has 1 N–H and O–H groups in total. The second-order valence-corrected chi connectivity index (χ2v) is 5.14. The zero-order valence-corrected chi connectivity index (χ0v) is 11.5. The van der Waals surface area contributed by atoms with Gasteiger partial charge in [0.25, 0.3) is 0 Å². The van der Waals surface area contributed by atoms with Crippen molar-refractivity contribution in [1.29, 1.82) is 0 Å². The van der Waals surface area contributed by atoms with Crippen molar-refractivity contribution in [2.75, 3.05) is 0 Å². The number of aliphatic hydroxyl groups is 1. The van der Waals surface area contributed by atoms with Crippen molar-refractivity contribution in [3.8, 4) is 0 Å². The third kappa shape index (κ3) is 3.15. The van der Waals surface area contributed by atoms with E-state index in [1.54, 1.807) is 18.5 Å². The molecular formula is C14H13BrFNO. The van der Waals surface area contributed by atoms with Gasteiger partial charge in [0.1, 0.15) is 5.82 Å². The molecule has 1 aromatic carbocycles. The minimum Gasteiger partial charge on any atom is -0.388 e. The van der Waals surface area contributed by atoms with Crippen LogP contribution < -0.4 is 0 Å². The highest BCUT2D eigenvalue weighted by atomic mass is 79.9. The number of hydrogen-bond donors (Lipinski definition) is 1. The van der Waals surface area contributed by atoms with Crippen LogP contribution in [0.4, 0.5) is 4.39 Å². The van der Waals surface area contributed by atoms with Gasteiger partial charge in [-0.05, 0) is 52.2 Å². The van der Waals surface area contributed by atoms with Gasteiger partial charge < -0.3 is 5.11 Å². The summed E-state index contributed by atoms with van der Waals surface area (Å²) >= 11 is 3.32. The van der Waals surface area contributed by atoms with Crippen molar-refractivity contribution in [2.24, 2.45) is 0 Å². The maximum atomic E-state index is 13.0. The van der Waals surface area contributed by atoms with Crippen molar-refractivity contribution in [3.63, 3.8) is 0 Å². The molecule has 0 spiro atoms. The zero-order valence-electron chi connectivity index (χ0n) is 9.90. The third-order valence-corrected chi connectivity index (χ3v) is 3.26. The largest absolute Gasteiger partial charge is 0.388 e. The maximum Gasteiger partial charge on any atom is 0.123 e. The smallest absolute Gasteiger partial charge is 0.123 e. The molecule has 0 bridgehead atoms. The summed E-state index contributed by atoms with van der Waals surface area (Å²) in [6, 6.07) is 6.42. The fourth-order valence-corrected chi connectivity index (χ4v) is 2.21. The molecule has 1 aromatic heterocycles. The van der Waals surface area contributed by atoms with Crippen LogP contribution in [0.5, 0.6) is 0 Å².